The van der Waals surface area contributed by atoms with E-state index in [-0.39, 0.29) is 11.7 Å². The molecule has 2 rings (SSSR count). The number of alkyl halides is 3. The fourth-order valence-electron chi connectivity index (χ4n) is 1.73. The van der Waals surface area contributed by atoms with E-state index < -0.39 is 11.9 Å². The van der Waals surface area contributed by atoms with Gasteiger partial charge in [0.25, 0.3) is 0 Å². The summed E-state index contributed by atoms with van der Waals surface area (Å²) in [4.78, 5) is 11.4. The number of rotatable bonds is 3. The lowest BCUT2D eigenvalue weighted by atomic mass is 9.79. The van der Waals surface area contributed by atoms with Gasteiger partial charge in [-0.25, -0.2) is 0 Å². The molecule has 0 radical (unpaired) electrons. The average molecular weight is 260 g/mol. The lowest BCUT2D eigenvalue weighted by molar-refractivity contribution is -0.124. The molecule has 1 aromatic carbocycles. The second-order valence-corrected chi connectivity index (χ2v) is 5.17. The van der Waals surface area contributed by atoms with Crippen molar-refractivity contribution in [3.8, 4) is 0 Å². The zero-order chi connectivity index (χ0) is 12.5. The van der Waals surface area contributed by atoms with Crippen molar-refractivity contribution in [1.29, 1.82) is 0 Å². The maximum absolute atomic E-state index is 12.0. The third kappa shape index (κ3) is 3.49. The van der Waals surface area contributed by atoms with Gasteiger partial charge >= 0.3 is 6.18 Å². The summed E-state index contributed by atoms with van der Waals surface area (Å²) >= 11 is 0.782. The van der Waals surface area contributed by atoms with E-state index in [9.17, 15) is 18.0 Å². The number of Topliss-reactive ketones (excluding diaryl/α,β-unsaturated/α-hetero) is 1. The van der Waals surface area contributed by atoms with Crippen LogP contribution in [0.1, 0.15) is 24.3 Å². The molecule has 1 fully saturated rings. The van der Waals surface area contributed by atoms with Gasteiger partial charge in [0.1, 0.15) is 5.78 Å². The quantitative estimate of drug-likeness (QED) is 0.769. The third-order valence-corrected chi connectivity index (χ3v) is 3.78. The Morgan fingerprint density at radius 1 is 1.18 bits per heavy atom. The highest BCUT2D eigenvalue weighted by Gasteiger charge is 2.28. The van der Waals surface area contributed by atoms with Crippen LogP contribution < -0.4 is 0 Å². The van der Waals surface area contributed by atoms with Crippen LogP contribution in [-0.4, -0.2) is 17.7 Å². The number of carbonyl (C=O) groups excluding carboxylic acids is 1. The maximum atomic E-state index is 12.0. The van der Waals surface area contributed by atoms with Gasteiger partial charge in [-0.2, -0.15) is 13.2 Å². The number of carbonyl (C=O) groups is 1. The van der Waals surface area contributed by atoms with Crippen LogP contribution in [0.2, 0.25) is 0 Å². The van der Waals surface area contributed by atoms with Crippen LogP contribution in [0, 0.1) is 0 Å². The van der Waals surface area contributed by atoms with Crippen molar-refractivity contribution >= 4 is 17.5 Å². The molecule has 0 N–H and O–H groups in total. The second kappa shape index (κ2) is 4.72. The molecule has 5 heteroatoms. The Hall–Kier alpha value is -0.970. The Morgan fingerprint density at radius 3 is 2.24 bits per heavy atom. The van der Waals surface area contributed by atoms with Crippen LogP contribution in [0.4, 0.5) is 13.2 Å². The monoisotopic (exact) mass is 260 g/mol. The first-order valence-electron chi connectivity index (χ1n) is 5.25. The summed E-state index contributed by atoms with van der Waals surface area (Å²) in [5.41, 5.74) is 1.04. The summed E-state index contributed by atoms with van der Waals surface area (Å²) in [6.07, 6.45) is -3.01. The molecule has 0 atom stereocenters. The zero-order valence-corrected chi connectivity index (χ0v) is 9.77. The van der Waals surface area contributed by atoms with Gasteiger partial charge in [-0.15, -0.1) is 11.8 Å². The molecule has 1 saturated carbocycles. The molecule has 0 aliphatic heterocycles. The van der Waals surface area contributed by atoms with E-state index in [2.05, 4.69) is 0 Å². The van der Waals surface area contributed by atoms with Crippen molar-refractivity contribution in [1.82, 2.24) is 0 Å². The minimum atomic E-state index is -4.14. The zero-order valence-electron chi connectivity index (χ0n) is 8.96. The molecule has 0 spiro atoms. The van der Waals surface area contributed by atoms with Gasteiger partial charge in [-0.1, -0.05) is 12.1 Å². The molecule has 1 nitrogen and oxygen atoms in total. The fraction of sp³-hybridized carbons (Fsp3) is 0.417. The summed E-state index contributed by atoms with van der Waals surface area (Å²) in [7, 11) is 0. The van der Waals surface area contributed by atoms with Gasteiger partial charge in [-0.3, -0.25) is 4.79 Å². The Morgan fingerprint density at radius 2 is 1.76 bits per heavy atom. The van der Waals surface area contributed by atoms with Crippen LogP contribution in [0.25, 0.3) is 0 Å². The summed E-state index contributed by atoms with van der Waals surface area (Å²) < 4.78 is 36.0. The second-order valence-electron chi connectivity index (χ2n) is 4.12. The number of hydrogen-bond acceptors (Lipinski definition) is 2. The van der Waals surface area contributed by atoms with Crippen LogP contribution in [-0.2, 0) is 4.79 Å². The first-order valence-corrected chi connectivity index (χ1v) is 6.24. The van der Waals surface area contributed by atoms with Gasteiger partial charge in [0.05, 0.1) is 5.75 Å². The fourth-order valence-corrected chi connectivity index (χ4v) is 2.39. The Kier molecular flexibility index (Phi) is 3.47. The van der Waals surface area contributed by atoms with Crippen LogP contribution in [0.15, 0.2) is 29.2 Å². The highest BCUT2D eigenvalue weighted by Crippen LogP contribution is 2.35. The Labute approximate surface area is 101 Å². The maximum Gasteiger partial charge on any atom is 0.398 e. The van der Waals surface area contributed by atoms with Crippen molar-refractivity contribution in [2.24, 2.45) is 0 Å². The predicted molar refractivity (Wildman–Crippen MR) is 60.2 cm³/mol. The average Bonchev–Trinajstić information content (AvgIpc) is 2.22. The molecule has 92 valence electrons. The number of benzene rings is 1. The lowest BCUT2D eigenvalue weighted by Gasteiger charge is -2.24. The largest absolute Gasteiger partial charge is 0.398 e. The topological polar surface area (TPSA) is 17.1 Å². The van der Waals surface area contributed by atoms with Gasteiger partial charge in [0, 0.05) is 17.7 Å². The number of thioether (sulfide) groups is 1. The van der Waals surface area contributed by atoms with Crippen molar-refractivity contribution in [3.05, 3.63) is 29.8 Å². The molecule has 1 aliphatic carbocycles. The van der Waals surface area contributed by atoms with E-state index in [1.54, 1.807) is 12.1 Å². The minimum Gasteiger partial charge on any atom is -0.300 e. The van der Waals surface area contributed by atoms with Gasteiger partial charge in [0.2, 0.25) is 0 Å². The molecule has 17 heavy (non-hydrogen) atoms. The number of halogens is 3. The van der Waals surface area contributed by atoms with Crippen molar-refractivity contribution in [3.63, 3.8) is 0 Å². The molecule has 0 saturated heterocycles. The molecule has 0 aromatic heterocycles. The van der Waals surface area contributed by atoms with E-state index >= 15 is 0 Å². The molecule has 0 bridgehead atoms. The summed E-state index contributed by atoms with van der Waals surface area (Å²) in [5, 5.41) is 0. The van der Waals surface area contributed by atoms with E-state index in [1.165, 1.54) is 0 Å². The normalized spacial score (nSPS) is 17.0. The van der Waals surface area contributed by atoms with E-state index in [4.69, 9.17) is 0 Å². The SMILES string of the molecule is O=C1CC(c2ccc(SCC(F)(F)F)cc2)C1. The number of hydrogen-bond donors (Lipinski definition) is 0. The molecule has 1 aliphatic rings. The highest BCUT2D eigenvalue weighted by molar-refractivity contribution is 7.99. The Bertz CT molecular complexity index is 403. The first kappa shape index (κ1) is 12.5. The highest BCUT2D eigenvalue weighted by atomic mass is 32.2. The first-order chi connectivity index (χ1) is 7.94. The molecule has 1 aromatic rings. The summed E-state index contributed by atoms with van der Waals surface area (Å²) in [6.45, 7) is 0. The van der Waals surface area contributed by atoms with Crippen LogP contribution >= 0.6 is 11.8 Å². The molecule has 0 amide bonds. The van der Waals surface area contributed by atoms with Gasteiger partial charge in [0.15, 0.2) is 0 Å². The standard InChI is InChI=1S/C12H11F3OS/c13-12(14,15)7-17-11-3-1-8(2-4-11)9-5-10(16)6-9/h1-4,9H,5-7H2. The third-order valence-electron chi connectivity index (χ3n) is 2.70. The van der Waals surface area contributed by atoms with Crippen molar-refractivity contribution in [2.45, 2.75) is 29.8 Å². The minimum absolute atomic E-state index is 0.255. The molecule has 0 heterocycles. The Balaban J connectivity index is 1.92. The van der Waals surface area contributed by atoms with Crippen LogP contribution in [0.3, 0.4) is 0 Å². The predicted octanol–water partition coefficient (Wildman–Crippen LogP) is 3.79. The van der Waals surface area contributed by atoms with Gasteiger partial charge in [-0.05, 0) is 23.6 Å². The summed E-state index contributed by atoms with van der Waals surface area (Å²) in [5.74, 6) is -0.344. The molecular formula is C12H11F3OS. The van der Waals surface area contributed by atoms with Crippen LogP contribution in [0.5, 0.6) is 0 Å². The smallest absolute Gasteiger partial charge is 0.300 e. The van der Waals surface area contributed by atoms with E-state index in [1.807, 2.05) is 12.1 Å². The lowest BCUT2D eigenvalue weighted by Crippen LogP contribution is -2.20. The molecular weight excluding hydrogens is 249 g/mol. The van der Waals surface area contributed by atoms with Crippen molar-refractivity contribution < 1.29 is 18.0 Å². The molecule has 0 unspecified atom stereocenters. The van der Waals surface area contributed by atoms with Crippen molar-refractivity contribution in [2.75, 3.05) is 5.75 Å². The van der Waals surface area contributed by atoms with E-state index in [0.29, 0.717) is 17.7 Å². The van der Waals surface area contributed by atoms with E-state index in [0.717, 1.165) is 17.3 Å². The number of ketones is 1. The van der Waals surface area contributed by atoms with Gasteiger partial charge < -0.3 is 0 Å². The summed E-state index contributed by atoms with van der Waals surface area (Å²) in [6, 6.07) is 7.01.